The molecule has 0 aliphatic rings. The number of carbonyl (C=O) groups is 2. The highest BCUT2D eigenvalue weighted by Gasteiger charge is 2.10. The van der Waals surface area contributed by atoms with Crippen LogP contribution in [0, 0.1) is 0 Å². The second-order valence-electron chi connectivity index (χ2n) is 3.41. The first-order chi connectivity index (χ1) is 8.40. The SMILES string of the molecule is CN(Cl)NC(=O)c1ccc(C(=O)NN(C)Cl)cc1. The zero-order chi connectivity index (χ0) is 13.7. The van der Waals surface area contributed by atoms with E-state index in [4.69, 9.17) is 23.6 Å². The molecule has 98 valence electrons. The Labute approximate surface area is 115 Å². The van der Waals surface area contributed by atoms with Crippen molar-refractivity contribution in [2.45, 2.75) is 0 Å². The van der Waals surface area contributed by atoms with Crippen molar-refractivity contribution in [2.24, 2.45) is 0 Å². The third-order valence-corrected chi connectivity index (χ3v) is 2.09. The molecule has 0 saturated carbocycles. The summed E-state index contributed by atoms with van der Waals surface area (Å²) in [7, 11) is 2.97. The van der Waals surface area contributed by atoms with Crippen LogP contribution in [0.25, 0.3) is 0 Å². The first-order valence-corrected chi connectivity index (χ1v) is 5.59. The average molecular weight is 291 g/mol. The fraction of sp³-hybridized carbons (Fsp3) is 0.200. The van der Waals surface area contributed by atoms with Crippen molar-refractivity contribution in [2.75, 3.05) is 14.1 Å². The van der Waals surface area contributed by atoms with Gasteiger partial charge in [-0.25, -0.2) is 0 Å². The van der Waals surface area contributed by atoms with Gasteiger partial charge in [0.25, 0.3) is 11.8 Å². The van der Waals surface area contributed by atoms with Gasteiger partial charge >= 0.3 is 0 Å². The number of hydrogen-bond acceptors (Lipinski definition) is 4. The molecular formula is C10H12Cl2N4O2. The lowest BCUT2D eigenvalue weighted by Gasteiger charge is -2.10. The average Bonchev–Trinajstić information content (AvgIpc) is 2.27. The quantitative estimate of drug-likeness (QED) is 0.645. The minimum Gasteiger partial charge on any atom is -0.271 e. The Morgan fingerprint density at radius 1 is 0.889 bits per heavy atom. The van der Waals surface area contributed by atoms with Gasteiger partial charge in [-0.2, -0.15) is 0 Å². The zero-order valence-corrected chi connectivity index (χ0v) is 11.3. The molecule has 1 aromatic rings. The first kappa shape index (κ1) is 14.7. The second-order valence-corrected chi connectivity index (χ2v) is 4.43. The fourth-order valence-electron chi connectivity index (χ4n) is 1.18. The lowest BCUT2D eigenvalue weighted by molar-refractivity contribution is 0.0884. The Morgan fingerprint density at radius 2 is 1.17 bits per heavy atom. The second kappa shape index (κ2) is 6.55. The number of nitrogens with one attached hydrogen (secondary N) is 2. The van der Waals surface area contributed by atoms with Gasteiger partial charge in [0.15, 0.2) is 0 Å². The van der Waals surface area contributed by atoms with Crippen LogP contribution in [0.1, 0.15) is 20.7 Å². The van der Waals surface area contributed by atoms with Crippen LogP contribution in [0.15, 0.2) is 24.3 Å². The number of rotatable bonds is 4. The van der Waals surface area contributed by atoms with Gasteiger partial charge in [0.1, 0.15) is 0 Å². The maximum Gasteiger partial charge on any atom is 0.266 e. The van der Waals surface area contributed by atoms with Crippen molar-refractivity contribution < 1.29 is 9.59 Å². The predicted octanol–water partition coefficient (Wildman–Crippen LogP) is 1.15. The van der Waals surface area contributed by atoms with Crippen LogP contribution in [0.3, 0.4) is 0 Å². The predicted molar refractivity (Wildman–Crippen MR) is 68.6 cm³/mol. The molecule has 0 atom stereocenters. The Hall–Kier alpha value is -1.34. The zero-order valence-electron chi connectivity index (χ0n) is 9.78. The Kier molecular flexibility index (Phi) is 5.36. The van der Waals surface area contributed by atoms with Gasteiger partial charge in [-0.1, -0.05) is 0 Å². The maximum absolute atomic E-state index is 11.5. The Morgan fingerprint density at radius 3 is 1.39 bits per heavy atom. The summed E-state index contributed by atoms with van der Waals surface area (Å²) in [4.78, 5) is 23.1. The lowest BCUT2D eigenvalue weighted by Crippen LogP contribution is -2.33. The number of nitrogens with zero attached hydrogens (tertiary/aromatic N) is 2. The molecule has 2 N–H and O–H groups in total. The monoisotopic (exact) mass is 290 g/mol. The van der Waals surface area contributed by atoms with Crippen LogP contribution in [0.5, 0.6) is 0 Å². The van der Waals surface area contributed by atoms with E-state index in [0.29, 0.717) is 11.1 Å². The molecule has 0 radical (unpaired) electrons. The van der Waals surface area contributed by atoms with Crippen LogP contribution in [-0.4, -0.2) is 35.0 Å². The summed E-state index contributed by atoms with van der Waals surface area (Å²) in [5, 5.41) is 0. The number of halogens is 2. The highest BCUT2D eigenvalue weighted by molar-refractivity contribution is 6.14. The molecule has 0 aromatic heterocycles. The number of hydrazine groups is 2. The Bertz CT molecular complexity index is 393. The van der Waals surface area contributed by atoms with E-state index in [1.807, 2.05) is 0 Å². The molecule has 2 amide bonds. The van der Waals surface area contributed by atoms with Gasteiger partial charge in [-0.05, 0) is 47.8 Å². The van der Waals surface area contributed by atoms with Crippen LogP contribution in [-0.2, 0) is 0 Å². The highest BCUT2D eigenvalue weighted by atomic mass is 35.5. The third-order valence-electron chi connectivity index (χ3n) is 1.92. The van der Waals surface area contributed by atoms with Crippen LogP contribution in [0.4, 0.5) is 0 Å². The van der Waals surface area contributed by atoms with E-state index in [2.05, 4.69) is 10.9 Å². The van der Waals surface area contributed by atoms with Crippen molar-refractivity contribution in [3.8, 4) is 0 Å². The Balaban J connectivity index is 2.74. The molecule has 8 heteroatoms. The summed E-state index contributed by atoms with van der Waals surface area (Å²) in [5.74, 6) is -0.733. The maximum atomic E-state index is 11.5. The summed E-state index contributed by atoms with van der Waals surface area (Å²) < 4.78 is 2.04. The summed E-state index contributed by atoms with van der Waals surface area (Å²) in [5.41, 5.74) is 5.51. The van der Waals surface area contributed by atoms with E-state index < -0.39 is 0 Å². The number of carbonyl (C=O) groups excluding carboxylic acids is 2. The molecule has 1 aromatic carbocycles. The van der Waals surface area contributed by atoms with Crippen LogP contribution >= 0.6 is 23.6 Å². The molecule has 0 bridgehead atoms. The van der Waals surface area contributed by atoms with Gasteiger partial charge in [0, 0.05) is 25.2 Å². The normalized spacial score (nSPS) is 10.6. The largest absolute Gasteiger partial charge is 0.271 e. The molecule has 0 aliphatic carbocycles. The third kappa shape index (κ3) is 4.50. The molecule has 0 unspecified atom stereocenters. The molecule has 0 saturated heterocycles. The molecule has 0 heterocycles. The van der Waals surface area contributed by atoms with Crippen molar-refractivity contribution in [3.05, 3.63) is 35.4 Å². The number of hydrogen-bond donors (Lipinski definition) is 2. The van der Waals surface area contributed by atoms with Crippen molar-refractivity contribution in [1.29, 1.82) is 0 Å². The minimum atomic E-state index is -0.367. The van der Waals surface area contributed by atoms with Gasteiger partial charge in [0.2, 0.25) is 0 Å². The summed E-state index contributed by atoms with van der Waals surface area (Å²) in [6.45, 7) is 0. The molecular weight excluding hydrogens is 279 g/mol. The molecule has 0 fully saturated rings. The van der Waals surface area contributed by atoms with Crippen LogP contribution < -0.4 is 10.9 Å². The van der Waals surface area contributed by atoms with Crippen molar-refractivity contribution in [1.82, 2.24) is 19.9 Å². The van der Waals surface area contributed by atoms with E-state index in [1.165, 1.54) is 38.4 Å². The van der Waals surface area contributed by atoms with E-state index in [-0.39, 0.29) is 11.8 Å². The molecule has 0 aliphatic heterocycles. The smallest absolute Gasteiger partial charge is 0.266 e. The van der Waals surface area contributed by atoms with Gasteiger partial charge < -0.3 is 0 Å². The molecule has 18 heavy (non-hydrogen) atoms. The van der Waals surface area contributed by atoms with E-state index in [1.54, 1.807) is 0 Å². The summed E-state index contributed by atoms with van der Waals surface area (Å²) in [6, 6.07) is 6.05. The van der Waals surface area contributed by atoms with Gasteiger partial charge in [-0.3, -0.25) is 20.4 Å². The number of benzene rings is 1. The van der Waals surface area contributed by atoms with E-state index in [0.717, 1.165) is 9.06 Å². The van der Waals surface area contributed by atoms with Crippen LogP contribution in [0.2, 0.25) is 0 Å². The number of amides is 2. The molecule has 6 nitrogen and oxygen atoms in total. The fourth-order valence-corrected chi connectivity index (χ4v) is 1.34. The standard InChI is InChI=1S/C10H12Cl2N4O2/c1-15(11)13-9(17)7-3-5-8(6-4-7)10(18)14-16(2)12/h3-6H,1-2H3,(H,13,17)(H,14,18). The van der Waals surface area contributed by atoms with Gasteiger partial charge in [-0.15, -0.1) is 9.06 Å². The van der Waals surface area contributed by atoms with Crippen molar-refractivity contribution in [3.63, 3.8) is 0 Å². The van der Waals surface area contributed by atoms with E-state index in [9.17, 15) is 9.59 Å². The summed E-state index contributed by atoms with van der Waals surface area (Å²) in [6.07, 6.45) is 0. The summed E-state index contributed by atoms with van der Waals surface area (Å²) >= 11 is 11.0. The lowest BCUT2D eigenvalue weighted by atomic mass is 10.1. The topological polar surface area (TPSA) is 64.7 Å². The van der Waals surface area contributed by atoms with Gasteiger partial charge in [0.05, 0.1) is 0 Å². The minimum absolute atomic E-state index is 0.367. The van der Waals surface area contributed by atoms with E-state index >= 15 is 0 Å². The highest BCUT2D eigenvalue weighted by Crippen LogP contribution is 2.05. The first-order valence-electron chi connectivity index (χ1n) is 4.91. The molecule has 1 rings (SSSR count). The molecule has 0 spiro atoms. The van der Waals surface area contributed by atoms with Crippen molar-refractivity contribution >= 4 is 35.4 Å².